The van der Waals surface area contributed by atoms with Gasteiger partial charge >= 0.3 is 0 Å². The first-order valence-electron chi connectivity index (χ1n) is 12.6. The van der Waals surface area contributed by atoms with Crippen LogP contribution in [0.2, 0.25) is 0 Å². The topological polar surface area (TPSA) is 95.9 Å². The van der Waals surface area contributed by atoms with Gasteiger partial charge in [0, 0.05) is 55.1 Å². The molecule has 2 aromatic heterocycles. The number of likely N-dealkylation sites (N-methyl/N-ethyl adjacent to an activating group) is 1. The van der Waals surface area contributed by atoms with Crippen molar-refractivity contribution in [2.75, 3.05) is 26.7 Å². The van der Waals surface area contributed by atoms with E-state index < -0.39 is 0 Å². The van der Waals surface area contributed by atoms with E-state index >= 15 is 0 Å². The molecule has 1 aliphatic heterocycles. The Kier molecular flexibility index (Phi) is 8.00. The molecule has 2 aromatic rings. The summed E-state index contributed by atoms with van der Waals surface area (Å²) in [5.74, 6) is 0.212. The third-order valence-corrected chi connectivity index (χ3v) is 7.30. The van der Waals surface area contributed by atoms with Crippen molar-refractivity contribution in [2.24, 2.45) is 11.8 Å². The number of nitrogens with zero attached hydrogens (tertiary/aromatic N) is 4. The van der Waals surface area contributed by atoms with Crippen molar-refractivity contribution < 1.29 is 19.4 Å². The number of fused-ring (bicyclic) bond motifs is 1. The van der Waals surface area contributed by atoms with Crippen molar-refractivity contribution in [3.8, 4) is 17.0 Å². The summed E-state index contributed by atoms with van der Waals surface area (Å²) in [6, 6.07) is 5.17. The Morgan fingerprint density at radius 2 is 2.03 bits per heavy atom. The number of hydrogen-bond donors (Lipinski definition) is 1. The lowest BCUT2D eigenvalue weighted by atomic mass is 9.88. The van der Waals surface area contributed by atoms with Crippen molar-refractivity contribution in [3.63, 3.8) is 0 Å². The van der Waals surface area contributed by atoms with Crippen molar-refractivity contribution >= 4 is 11.8 Å². The van der Waals surface area contributed by atoms with Crippen LogP contribution >= 0.6 is 0 Å². The number of ether oxygens (including phenoxy) is 1. The zero-order chi connectivity index (χ0) is 24.9. The molecule has 4 rings (SSSR count). The van der Waals surface area contributed by atoms with E-state index in [1.807, 2.05) is 33.0 Å². The Balaban J connectivity index is 1.64. The van der Waals surface area contributed by atoms with E-state index in [1.54, 1.807) is 34.5 Å². The molecule has 3 heterocycles. The van der Waals surface area contributed by atoms with Crippen LogP contribution in [0.25, 0.3) is 11.1 Å². The number of carbonyl (C=O) groups is 2. The Bertz CT molecular complexity index is 1030. The number of carbonyl (C=O) groups excluding carboxylic acids is 2. The maximum atomic E-state index is 13.6. The van der Waals surface area contributed by atoms with Gasteiger partial charge in [0.1, 0.15) is 11.7 Å². The van der Waals surface area contributed by atoms with E-state index in [1.165, 1.54) is 6.42 Å². The average molecular weight is 481 g/mol. The number of aliphatic hydroxyl groups excluding tert-OH is 1. The minimum atomic E-state index is -0.361. The maximum Gasteiger partial charge on any atom is 0.259 e. The Morgan fingerprint density at radius 3 is 2.71 bits per heavy atom. The smallest absolute Gasteiger partial charge is 0.259 e. The van der Waals surface area contributed by atoms with Crippen LogP contribution in [0.1, 0.15) is 56.3 Å². The first-order valence-corrected chi connectivity index (χ1v) is 12.6. The minimum absolute atomic E-state index is 0.0671. The highest BCUT2D eigenvalue weighted by molar-refractivity contribution is 5.98. The summed E-state index contributed by atoms with van der Waals surface area (Å²) in [7, 11) is 1.84. The molecule has 0 spiro atoms. The molecule has 0 bridgehead atoms. The fourth-order valence-corrected chi connectivity index (χ4v) is 5.03. The Labute approximate surface area is 207 Å². The predicted octanol–water partition coefficient (Wildman–Crippen LogP) is 3.40. The first-order chi connectivity index (χ1) is 16.9. The van der Waals surface area contributed by atoms with E-state index in [-0.39, 0.29) is 48.3 Å². The molecule has 2 aliphatic rings. The summed E-state index contributed by atoms with van der Waals surface area (Å²) in [6.45, 7) is 4.53. The van der Waals surface area contributed by atoms with E-state index in [2.05, 4.69) is 9.97 Å². The molecule has 1 N–H and O–H groups in total. The molecule has 3 atom stereocenters. The average Bonchev–Trinajstić information content (AvgIpc) is 2.90. The number of rotatable bonds is 6. The van der Waals surface area contributed by atoms with Crippen molar-refractivity contribution in [1.29, 1.82) is 0 Å². The summed E-state index contributed by atoms with van der Waals surface area (Å²) in [5.41, 5.74) is 1.96. The molecule has 0 aromatic carbocycles. The monoisotopic (exact) mass is 480 g/mol. The number of hydrogen-bond acceptors (Lipinski definition) is 6. The zero-order valence-electron chi connectivity index (χ0n) is 20.9. The third-order valence-electron chi connectivity index (χ3n) is 7.30. The summed E-state index contributed by atoms with van der Waals surface area (Å²) in [5, 5.41) is 9.86. The summed E-state index contributed by atoms with van der Waals surface area (Å²) >= 11 is 0. The maximum absolute atomic E-state index is 13.6. The molecule has 188 valence electrons. The van der Waals surface area contributed by atoms with E-state index in [0.717, 1.165) is 36.8 Å². The van der Waals surface area contributed by atoms with Crippen LogP contribution in [0.3, 0.4) is 0 Å². The second-order valence-electron chi connectivity index (χ2n) is 9.99. The summed E-state index contributed by atoms with van der Waals surface area (Å²) in [6.07, 6.45) is 10.1. The highest BCUT2D eigenvalue weighted by Crippen LogP contribution is 2.31. The lowest BCUT2D eigenvalue weighted by molar-refractivity contribution is -0.136. The summed E-state index contributed by atoms with van der Waals surface area (Å²) in [4.78, 5) is 38.8. The molecule has 0 radical (unpaired) electrons. The lowest BCUT2D eigenvalue weighted by Gasteiger charge is -2.38. The van der Waals surface area contributed by atoms with Gasteiger partial charge in [0.05, 0.1) is 19.2 Å². The molecule has 8 heteroatoms. The van der Waals surface area contributed by atoms with Gasteiger partial charge in [-0.3, -0.25) is 14.6 Å². The fourth-order valence-electron chi connectivity index (χ4n) is 5.03. The van der Waals surface area contributed by atoms with E-state index in [4.69, 9.17) is 4.74 Å². The molecule has 8 nitrogen and oxygen atoms in total. The largest absolute Gasteiger partial charge is 0.472 e. The van der Waals surface area contributed by atoms with Crippen LogP contribution < -0.4 is 4.74 Å². The van der Waals surface area contributed by atoms with E-state index in [0.29, 0.717) is 18.7 Å². The van der Waals surface area contributed by atoms with Crippen LogP contribution in [0.4, 0.5) is 0 Å². The molecule has 35 heavy (non-hydrogen) atoms. The molecule has 1 saturated carbocycles. The van der Waals surface area contributed by atoms with Crippen LogP contribution in [0.5, 0.6) is 5.88 Å². The van der Waals surface area contributed by atoms with Crippen LogP contribution in [-0.4, -0.2) is 75.6 Å². The van der Waals surface area contributed by atoms with Gasteiger partial charge in [0.2, 0.25) is 11.8 Å². The molecule has 0 unspecified atom stereocenters. The SMILES string of the molecule is C[C@H]1CN([C@@H](C)CO)C(=O)c2cc(-c3cccnc3)cnc2O[C@@H]1CN(C)C(=O)C1CCCCC1. The number of aliphatic hydroxyl groups is 1. The van der Waals surface area contributed by atoms with Crippen molar-refractivity contribution in [1.82, 2.24) is 19.8 Å². The summed E-state index contributed by atoms with van der Waals surface area (Å²) < 4.78 is 6.35. The van der Waals surface area contributed by atoms with Crippen molar-refractivity contribution in [3.05, 3.63) is 42.4 Å². The van der Waals surface area contributed by atoms with Gasteiger partial charge in [-0.15, -0.1) is 0 Å². The standard InChI is InChI=1S/C27H36N4O4/c1-18-15-31(19(2)17-32)27(34)23-12-22(21-10-7-11-28-13-21)14-29-25(23)35-24(18)16-30(3)26(33)20-8-5-4-6-9-20/h7,10-14,18-20,24,32H,4-6,8-9,15-17H2,1-3H3/t18-,19-,24+/m0/s1. The molecule has 2 amide bonds. The number of amides is 2. The quantitative estimate of drug-likeness (QED) is 0.681. The van der Waals surface area contributed by atoms with Crippen LogP contribution in [-0.2, 0) is 4.79 Å². The zero-order valence-corrected chi connectivity index (χ0v) is 20.9. The van der Waals surface area contributed by atoms with Gasteiger partial charge in [-0.25, -0.2) is 4.98 Å². The van der Waals surface area contributed by atoms with Gasteiger partial charge in [-0.1, -0.05) is 32.3 Å². The first kappa shape index (κ1) is 25.1. The van der Waals surface area contributed by atoms with Gasteiger partial charge in [-0.05, 0) is 31.9 Å². The molecule has 1 aliphatic carbocycles. The van der Waals surface area contributed by atoms with Crippen molar-refractivity contribution in [2.45, 2.75) is 58.1 Å². The van der Waals surface area contributed by atoms with Crippen LogP contribution in [0.15, 0.2) is 36.8 Å². The molecule has 0 saturated heterocycles. The van der Waals surface area contributed by atoms with Gasteiger partial charge in [-0.2, -0.15) is 0 Å². The second-order valence-corrected chi connectivity index (χ2v) is 9.99. The highest BCUT2D eigenvalue weighted by atomic mass is 16.5. The Morgan fingerprint density at radius 1 is 1.26 bits per heavy atom. The lowest BCUT2D eigenvalue weighted by Crippen LogP contribution is -2.51. The minimum Gasteiger partial charge on any atom is -0.472 e. The highest BCUT2D eigenvalue weighted by Gasteiger charge is 2.35. The third kappa shape index (κ3) is 5.64. The fraction of sp³-hybridized carbons (Fsp3) is 0.556. The predicted molar refractivity (Wildman–Crippen MR) is 133 cm³/mol. The number of pyridine rings is 2. The van der Waals surface area contributed by atoms with Gasteiger partial charge in [0.15, 0.2) is 0 Å². The van der Waals surface area contributed by atoms with Crippen LogP contribution in [0, 0.1) is 11.8 Å². The normalized spacial score (nSPS) is 21.9. The number of aromatic nitrogens is 2. The van der Waals surface area contributed by atoms with Gasteiger partial charge in [0.25, 0.3) is 5.91 Å². The van der Waals surface area contributed by atoms with Gasteiger partial charge < -0.3 is 19.6 Å². The molecule has 1 fully saturated rings. The second kappa shape index (κ2) is 11.2. The Hall–Kier alpha value is -3.00. The molecular formula is C27H36N4O4. The van der Waals surface area contributed by atoms with E-state index in [9.17, 15) is 14.7 Å². The molecular weight excluding hydrogens is 444 g/mol.